The predicted octanol–water partition coefficient (Wildman–Crippen LogP) is -0.926. The van der Waals surface area contributed by atoms with Crippen LogP contribution < -0.4 is 5.73 Å². The van der Waals surface area contributed by atoms with Gasteiger partial charge in [0, 0.05) is 26.2 Å². The summed E-state index contributed by atoms with van der Waals surface area (Å²) < 4.78 is 24.0. The highest BCUT2D eigenvalue weighted by Crippen LogP contribution is 2.09. The molecule has 100 valence electrons. The molecule has 1 saturated heterocycles. The molecule has 1 aliphatic heterocycles. The first kappa shape index (κ1) is 14.4. The van der Waals surface area contributed by atoms with Crippen molar-refractivity contribution in [1.29, 1.82) is 0 Å². The van der Waals surface area contributed by atoms with Crippen molar-refractivity contribution < 1.29 is 13.2 Å². The number of amides is 1. The Bertz CT molecular complexity index is 372. The van der Waals surface area contributed by atoms with Crippen molar-refractivity contribution in [3.63, 3.8) is 0 Å². The first-order chi connectivity index (χ1) is 7.73. The first-order valence-corrected chi connectivity index (χ1v) is 7.58. The van der Waals surface area contributed by atoms with E-state index < -0.39 is 16.1 Å². The largest absolute Gasteiger partial charge is 0.339 e. The molecule has 0 unspecified atom stereocenters. The molecule has 6 nitrogen and oxygen atoms in total. The van der Waals surface area contributed by atoms with E-state index >= 15 is 0 Å². The molecule has 17 heavy (non-hydrogen) atoms. The van der Waals surface area contributed by atoms with Crippen molar-refractivity contribution in [2.24, 2.45) is 11.7 Å². The molecule has 0 saturated carbocycles. The van der Waals surface area contributed by atoms with Gasteiger partial charge in [-0.15, -0.1) is 0 Å². The molecule has 1 rings (SSSR count). The van der Waals surface area contributed by atoms with Gasteiger partial charge in [0.05, 0.1) is 12.3 Å². The van der Waals surface area contributed by atoms with E-state index in [2.05, 4.69) is 0 Å². The quantitative estimate of drug-likeness (QED) is 0.713. The fourth-order valence-electron chi connectivity index (χ4n) is 1.74. The van der Waals surface area contributed by atoms with Crippen molar-refractivity contribution in [3.05, 3.63) is 0 Å². The van der Waals surface area contributed by atoms with Crippen LogP contribution in [0.3, 0.4) is 0 Å². The molecule has 0 radical (unpaired) electrons. The maximum atomic E-state index is 11.9. The Morgan fingerprint density at radius 3 is 2.00 bits per heavy atom. The zero-order valence-electron chi connectivity index (χ0n) is 10.6. The molecule has 0 spiro atoms. The van der Waals surface area contributed by atoms with Gasteiger partial charge in [-0.25, -0.2) is 8.42 Å². The standard InChI is InChI=1S/C10H21N3O3S/c1-8(2)9(11)10(14)12-4-6-13(7-5-12)17(3,15)16/h8-9H,4-7,11H2,1-3H3/t9-/m1/s1. The number of carbonyl (C=O) groups excluding carboxylic acids is 1. The molecular formula is C10H21N3O3S. The minimum Gasteiger partial charge on any atom is -0.339 e. The summed E-state index contributed by atoms with van der Waals surface area (Å²) in [7, 11) is -3.15. The molecule has 1 amide bonds. The molecular weight excluding hydrogens is 242 g/mol. The second-order valence-electron chi connectivity index (χ2n) is 4.76. The zero-order chi connectivity index (χ0) is 13.2. The van der Waals surface area contributed by atoms with Crippen LogP contribution in [0.5, 0.6) is 0 Å². The lowest BCUT2D eigenvalue weighted by Gasteiger charge is -2.35. The number of hydrogen-bond acceptors (Lipinski definition) is 4. The van der Waals surface area contributed by atoms with E-state index in [4.69, 9.17) is 5.73 Å². The highest BCUT2D eigenvalue weighted by Gasteiger charge is 2.29. The fourth-order valence-corrected chi connectivity index (χ4v) is 2.56. The number of hydrogen-bond donors (Lipinski definition) is 1. The topological polar surface area (TPSA) is 83.7 Å². The number of sulfonamides is 1. The fraction of sp³-hybridized carbons (Fsp3) is 0.900. The normalized spacial score (nSPS) is 20.6. The third-order valence-electron chi connectivity index (χ3n) is 3.02. The van der Waals surface area contributed by atoms with Crippen LogP contribution >= 0.6 is 0 Å². The van der Waals surface area contributed by atoms with Crippen LogP contribution in [0.1, 0.15) is 13.8 Å². The SMILES string of the molecule is CC(C)[C@@H](N)C(=O)N1CCN(S(C)(=O)=O)CC1. The maximum Gasteiger partial charge on any atom is 0.239 e. The van der Waals surface area contributed by atoms with Crippen LogP contribution in [0, 0.1) is 5.92 Å². The monoisotopic (exact) mass is 263 g/mol. The number of piperazine rings is 1. The Morgan fingerprint density at radius 1 is 1.18 bits per heavy atom. The third-order valence-corrected chi connectivity index (χ3v) is 4.33. The molecule has 0 aromatic rings. The molecule has 0 aromatic heterocycles. The Balaban J connectivity index is 2.56. The Labute approximate surface area is 103 Å². The van der Waals surface area contributed by atoms with Crippen LogP contribution in [0.2, 0.25) is 0 Å². The lowest BCUT2D eigenvalue weighted by atomic mass is 10.0. The number of nitrogens with two attached hydrogens (primary N) is 1. The molecule has 1 heterocycles. The second kappa shape index (κ2) is 5.32. The van der Waals surface area contributed by atoms with Gasteiger partial charge in [0.1, 0.15) is 0 Å². The Kier molecular flexibility index (Phi) is 4.51. The van der Waals surface area contributed by atoms with E-state index in [0.717, 1.165) is 0 Å². The summed E-state index contributed by atoms with van der Waals surface area (Å²) in [6.07, 6.45) is 1.18. The Morgan fingerprint density at radius 2 is 1.65 bits per heavy atom. The number of rotatable bonds is 3. The smallest absolute Gasteiger partial charge is 0.239 e. The second-order valence-corrected chi connectivity index (χ2v) is 6.74. The third kappa shape index (κ3) is 3.65. The minimum atomic E-state index is -3.15. The first-order valence-electron chi connectivity index (χ1n) is 5.73. The Hall–Kier alpha value is -0.660. The van der Waals surface area contributed by atoms with E-state index in [1.807, 2.05) is 13.8 Å². The summed E-state index contributed by atoms with van der Waals surface area (Å²) >= 11 is 0. The molecule has 7 heteroatoms. The summed E-state index contributed by atoms with van der Waals surface area (Å²) in [5, 5.41) is 0. The van der Waals surface area contributed by atoms with Crippen molar-refractivity contribution in [2.45, 2.75) is 19.9 Å². The van der Waals surface area contributed by atoms with Crippen LogP contribution in [0.15, 0.2) is 0 Å². The molecule has 0 bridgehead atoms. The number of nitrogens with zero attached hydrogens (tertiary/aromatic N) is 2. The van der Waals surface area contributed by atoms with E-state index in [9.17, 15) is 13.2 Å². The maximum absolute atomic E-state index is 11.9. The van der Waals surface area contributed by atoms with E-state index in [-0.39, 0.29) is 11.8 Å². The van der Waals surface area contributed by atoms with Crippen molar-refractivity contribution in [1.82, 2.24) is 9.21 Å². The van der Waals surface area contributed by atoms with Gasteiger partial charge in [0.15, 0.2) is 0 Å². The van der Waals surface area contributed by atoms with Gasteiger partial charge in [-0.1, -0.05) is 13.8 Å². The molecule has 1 fully saturated rings. The number of carbonyl (C=O) groups is 1. The van der Waals surface area contributed by atoms with Gasteiger partial charge >= 0.3 is 0 Å². The summed E-state index contributed by atoms with van der Waals surface area (Å²) in [5.41, 5.74) is 5.79. The molecule has 1 aliphatic rings. The van der Waals surface area contributed by atoms with Gasteiger partial charge in [-0.2, -0.15) is 4.31 Å². The van der Waals surface area contributed by atoms with Crippen molar-refractivity contribution >= 4 is 15.9 Å². The van der Waals surface area contributed by atoms with E-state index in [1.54, 1.807) is 4.90 Å². The highest BCUT2D eigenvalue weighted by atomic mass is 32.2. The lowest BCUT2D eigenvalue weighted by molar-refractivity contribution is -0.134. The van der Waals surface area contributed by atoms with Crippen LogP contribution in [0.25, 0.3) is 0 Å². The lowest BCUT2D eigenvalue weighted by Crippen LogP contribution is -2.55. The van der Waals surface area contributed by atoms with Crippen LogP contribution in [0.4, 0.5) is 0 Å². The predicted molar refractivity (Wildman–Crippen MR) is 65.8 cm³/mol. The highest BCUT2D eigenvalue weighted by molar-refractivity contribution is 7.88. The average molecular weight is 263 g/mol. The summed E-state index contributed by atoms with van der Waals surface area (Å²) in [5.74, 6) is 0.00332. The summed E-state index contributed by atoms with van der Waals surface area (Å²) in [6.45, 7) is 5.36. The molecule has 0 aliphatic carbocycles. The van der Waals surface area contributed by atoms with Gasteiger partial charge in [0.25, 0.3) is 0 Å². The molecule has 0 aromatic carbocycles. The summed E-state index contributed by atoms with van der Waals surface area (Å²) in [4.78, 5) is 13.6. The zero-order valence-corrected chi connectivity index (χ0v) is 11.4. The van der Waals surface area contributed by atoms with Crippen LogP contribution in [-0.2, 0) is 14.8 Å². The summed E-state index contributed by atoms with van der Waals surface area (Å²) in [6, 6.07) is -0.500. The van der Waals surface area contributed by atoms with Crippen LogP contribution in [-0.4, -0.2) is 62.0 Å². The molecule has 1 atom stereocenters. The van der Waals surface area contributed by atoms with Crippen molar-refractivity contribution in [2.75, 3.05) is 32.4 Å². The van der Waals surface area contributed by atoms with Gasteiger partial charge in [-0.3, -0.25) is 4.79 Å². The minimum absolute atomic E-state index is 0.0897. The van der Waals surface area contributed by atoms with Gasteiger partial charge in [-0.05, 0) is 5.92 Å². The van der Waals surface area contributed by atoms with Crippen molar-refractivity contribution in [3.8, 4) is 0 Å². The van der Waals surface area contributed by atoms with E-state index in [1.165, 1.54) is 10.6 Å². The molecule has 2 N–H and O–H groups in total. The average Bonchev–Trinajstić information content (AvgIpc) is 2.26. The van der Waals surface area contributed by atoms with E-state index in [0.29, 0.717) is 26.2 Å². The van der Waals surface area contributed by atoms with Gasteiger partial charge < -0.3 is 10.6 Å². The van der Waals surface area contributed by atoms with Gasteiger partial charge in [0.2, 0.25) is 15.9 Å².